The van der Waals surface area contributed by atoms with Crippen LogP contribution in [0.25, 0.3) is 0 Å². The SMILES string of the molecule is CN1CC2CCC(C1)C2(O)c1cc(N2CCOCC2)nc(Nc2ccn[nH]2)c1C=N. The van der Waals surface area contributed by atoms with Crippen LogP contribution in [0.4, 0.5) is 17.5 Å². The molecule has 2 aliphatic heterocycles. The number of fused-ring (bicyclic) bond motifs is 2. The number of aliphatic hydroxyl groups is 1. The number of ether oxygens (including phenoxy) is 1. The second-order valence-electron chi connectivity index (χ2n) is 8.65. The number of morpholine rings is 1. The van der Waals surface area contributed by atoms with E-state index in [0.29, 0.717) is 30.4 Å². The van der Waals surface area contributed by atoms with Crippen molar-refractivity contribution in [1.29, 1.82) is 5.41 Å². The Morgan fingerprint density at radius 3 is 2.67 bits per heavy atom. The summed E-state index contributed by atoms with van der Waals surface area (Å²) in [7, 11) is 2.12. The van der Waals surface area contributed by atoms with Crippen molar-refractivity contribution in [2.45, 2.75) is 18.4 Å². The molecule has 30 heavy (non-hydrogen) atoms. The lowest BCUT2D eigenvalue weighted by Gasteiger charge is -2.44. The lowest BCUT2D eigenvalue weighted by molar-refractivity contribution is -0.0848. The normalized spacial score (nSPS) is 29.2. The predicted octanol–water partition coefficient (Wildman–Crippen LogP) is 1.54. The summed E-state index contributed by atoms with van der Waals surface area (Å²) in [4.78, 5) is 9.36. The van der Waals surface area contributed by atoms with Gasteiger partial charge in [-0.25, -0.2) is 4.98 Å². The van der Waals surface area contributed by atoms with E-state index >= 15 is 0 Å². The van der Waals surface area contributed by atoms with Gasteiger partial charge in [-0.15, -0.1) is 0 Å². The fourth-order valence-corrected chi connectivity index (χ4v) is 5.43. The van der Waals surface area contributed by atoms with E-state index in [2.05, 4.69) is 32.4 Å². The Kier molecular flexibility index (Phi) is 4.96. The Labute approximate surface area is 175 Å². The van der Waals surface area contributed by atoms with Crippen molar-refractivity contribution in [3.05, 3.63) is 29.5 Å². The molecule has 2 atom stereocenters. The van der Waals surface area contributed by atoms with Gasteiger partial charge in [-0.1, -0.05) is 0 Å². The molecule has 160 valence electrons. The van der Waals surface area contributed by atoms with Crippen LogP contribution in [0.2, 0.25) is 0 Å². The molecule has 2 saturated heterocycles. The number of anilines is 3. The van der Waals surface area contributed by atoms with E-state index in [0.717, 1.165) is 50.4 Å². The van der Waals surface area contributed by atoms with Crippen LogP contribution < -0.4 is 10.2 Å². The lowest BCUT2D eigenvalue weighted by atomic mass is 9.74. The lowest BCUT2D eigenvalue weighted by Crippen LogP contribution is -2.51. The van der Waals surface area contributed by atoms with E-state index in [-0.39, 0.29) is 11.8 Å². The number of aromatic nitrogens is 3. The molecule has 9 nitrogen and oxygen atoms in total. The minimum atomic E-state index is -0.951. The second kappa shape index (κ2) is 7.64. The summed E-state index contributed by atoms with van der Waals surface area (Å²) in [6.07, 6.45) is 4.99. The molecule has 0 aromatic carbocycles. The third-order valence-corrected chi connectivity index (χ3v) is 6.88. The largest absolute Gasteiger partial charge is 0.384 e. The molecule has 1 aliphatic carbocycles. The molecule has 1 saturated carbocycles. The summed E-state index contributed by atoms with van der Waals surface area (Å²) in [6, 6.07) is 3.84. The molecule has 2 aromatic rings. The molecule has 5 rings (SSSR count). The highest BCUT2D eigenvalue weighted by Crippen LogP contribution is 2.52. The molecule has 3 fully saturated rings. The monoisotopic (exact) mass is 411 g/mol. The maximum atomic E-state index is 12.1. The fraction of sp³-hybridized carbons (Fsp3) is 0.571. The zero-order valence-corrected chi connectivity index (χ0v) is 17.3. The summed E-state index contributed by atoms with van der Waals surface area (Å²) < 4.78 is 5.51. The molecule has 2 unspecified atom stereocenters. The van der Waals surface area contributed by atoms with Gasteiger partial charge in [-0.2, -0.15) is 5.10 Å². The van der Waals surface area contributed by atoms with Gasteiger partial charge in [0.05, 0.1) is 25.0 Å². The molecule has 4 heterocycles. The van der Waals surface area contributed by atoms with Crippen LogP contribution in [0, 0.1) is 17.2 Å². The molecule has 0 radical (unpaired) electrons. The predicted molar refractivity (Wildman–Crippen MR) is 115 cm³/mol. The Hall–Kier alpha value is -2.49. The molecule has 2 aromatic heterocycles. The van der Waals surface area contributed by atoms with E-state index in [1.54, 1.807) is 6.20 Å². The quantitative estimate of drug-likeness (QED) is 0.552. The van der Waals surface area contributed by atoms with Gasteiger partial charge in [-0.05, 0) is 26.0 Å². The number of aromatic amines is 1. The number of H-pyrrole nitrogens is 1. The van der Waals surface area contributed by atoms with Gasteiger partial charge in [0.2, 0.25) is 0 Å². The van der Waals surface area contributed by atoms with Crippen molar-refractivity contribution in [1.82, 2.24) is 20.1 Å². The number of piperidine rings is 1. The van der Waals surface area contributed by atoms with Crippen LogP contribution >= 0.6 is 0 Å². The first-order valence-corrected chi connectivity index (χ1v) is 10.7. The summed E-state index contributed by atoms with van der Waals surface area (Å²) >= 11 is 0. The highest BCUT2D eigenvalue weighted by atomic mass is 16.5. The summed E-state index contributed by atoms with van der Waals surface area (Å²) in [5.41, 5.74) is 0.510. The van der Waals surface area contributed by atoms with Crippen LogP contribution in [-0.4, -0.2) is 77.8 Å². The van der Waals surface area contributed by atoms with Crippen LogP contribution in [0.1, 0.15) is 24.0 Å². The van der Waals surface area contributed by atoms with Crippen molar-refractivity contribution < 1.29 is 9.84 Å². The molecule has 0 spiro atoms. The number of nitrogens with zero attached hydrogens (tertiary/aromatic N) is 4. The maximum absolute atomic E-state index is 12.1. The molecular weight excluding hydrogens is 382 g/mol. The van der Waals surface area contributed by atoms with Crippen molar-refractivity contribution in [2.75, 3.05) is 56.7 Å². The van der Waals surface area contributed by atoms with E-state index in [1.807, 2.05) is 12.1 Å². The number of hydrogen-bond acceptors (Lipinski definition) is 8. The molecule has 9 heteroatoms. The molecular formula is C21H29N7O2. The standard InChI is InChI=1S/C21H29N7O2/c1-27-12-14-2-3-15(13-27)21(14,29)17-10-19(28-6-8-30-9-7-28)25-20(16(17)11-22)24-18-4-5-23-26-18/h4-5,10-11,14-15,22,29H,2-3,6-9,12-13H2,1H3,(H2,23,24,25,26). The average molecular weight is 412 g/mol. The van der Waals surface area contributed by atoms with E-state index in [1.165, 1.54) is 6.21 Å². The third kappa shape index (κ3) is 3.17. The first kappa shape index (κ1) is 19.5. The Morgan fingerprint density at radius 1 is 1.30 bits per heavy atom. The third-order valence-electron chi connectivity index (χ3n) is 6.88. The van der Waals surface area contributed by atoms with Crippen LogP contribution in [0.5, 0.6) is 0 Å². The number of hydrogen-bond donors (Lipinski definition) is 4. The molecule has 4 N–H and O–H groups in total. The van der Waals surface area contributed by atoms with Gasteiger partial charge in [0.1, 0.15) is 17.5 Å². The van der Waals surface area contributed by atoms with Gasteiger partial charge >= 0.3 is 0 Å². The summed E-state index contributed by atoms with van der Waals surface area (Å²) in [6.45, 7) is 4.56. The Bertz CT molecular complexity index is 896. The maximum Gasteiger partial charge on any atom is 0.143 e. The second-order valence-corrected chi connectivity index (χ2v) is 8.65. The first-order valence-electron chi connectivity index (χ1n) is 10.7. The zero-order valence-electron chi connectivity index (χ0n) is 17.3. The van der Waals surface area contributed by atoms with E-state index in [9.17, 15) is 5.11 Å². The summed E-state index contributed by atoms with van der Waals surface area (Å²) in [5, 5.41) is 30.5. The van der Waals surface area contributed by atoms with E-state index in [4.69, 9.17) is 15.1 Å². The number of nitrogens with one attached hydrogen (secondary N) is 3. The molecule has 2 bridgehead atoms. The van der Waals surface area contributed by atoms with Gasteiger partial charge in [0.25, 0.3) is 0 Å². The number of rotatable bonds is 5. The summed E-state index contributed by atoms with van der Waals surface area (Å²) in [5.74, 6) is 2.39. The Balaban J connectivity index is 1.64. The highest BCUT2D eigenvalue weighted by Gasteiger charge is 2.54. The molecule has 0 amide bonds. The number of likely N-dealkylation sites (tertiary alicyclic amines) is 1. The van der Waals surface area contributed by atoms with Crippen molar-refractivity contribution in [3.8, 4) is 0 Å². The van der Waals surface area contributed by atoms with Gasteiger partial charge in [-0.3, -0.25) is 5.10 Å². The smallest absolute Gasteiger partial charge is 0.143 e. The van der Waals surface area contributed by atoms with Crippen LogP contribution in [0.15, 0.2) is 18.3 Å². The fourth-order valence-electron chi connectivity index (χ4n) is 5.43. The molecule has 3 aliphatic rings. The highest BCUT2D eigenvalue weighted by molar-refractivity contribution is 5.89. The first-order chi connectivity index (χ1) is 14.6. The van der Waals surface area contributed by atoms with Crippen molar-refractivity contribution in [3.63, 3.8) is 0 Å². The van der Waals surface area contributed by atoms with Gasteiger partial charge in [0, 0.05) is 61.4 Å². The van der Waals surface area contributed by atoms with Crippen LogP contribution in [0.3, 0.4) is 0 Å². The topological polar surface area (TPSA) is 113 Å². The van der Waals surface area contributed by atoms with Crippen LogP contribution in [-0.2, 0) is 10.3 Å². The average Bonchev–Trinajstić information content (AvgIpc) is 3.31. The minimum Gasteiger partial charge on any atom is -0.384 e. The minimum absolute atomic E-state index is 0.153. The Morgan fingerprint density at radius 2 is 2.03 bits per heavy atom. The van der Waals surface area contributed by atoms with Crippen molar-refractivity contribution in [2.24, 2.45) is 11.8 Å². The van der Waals surface area contributed by atoms with Gasteiger partial charge < -0.3 is 30.4 Å². The number of pyridine rings is 1. The van der Waals surface area contributed by atoms with Gasteiger partial charge in [0.15, 0.2) is 0 Å². The van der Waals surface area contributed by atoms with Crippen molar-refractivity contribution >= 4 is 23.7 Å². The zero-order chi connectivity index (χ0) is 20.7. The van der Waals surface area contributed by atoms with E-state index < -0.39 is 5.60 Å².